The second-order valence-corrected chi connectivity index (χ2v) is 8.44. The van der Waals surface area contributed by atoms with E-state index in [1.165, 1.54) is 0 Å². The molecule has 0 bridgehead atoms. The van der Waals surface area contributed by atoms with Gasteiger partial charge in [0.05, 0.1) is 0 Å². The molecule has 4 rings (SSSR count). The first kappa shape index (κ1) is 20.2. The van der Waals surface area contributed by atoms with E-state index < -0.39 is 0 Å². The van der Waals surface area contributed by atoms with Crippen molar-refractivity contribution in [3.63, 3.8) is 0 Å². The third-order valence-corrected chi connectivity index (χ3v) is 5.42. The Bertz CT molecular complexity index is 1130. The average Bonchev–Trinajstić information content (AvgIpc) is 2.70. The zero-order valence-corrected chi connectivity index (χ0v) is 18.0. The molecule has 0 aliphatic rings. The number of rotatable bonds is 5. The van der Waals surface area contributed by atoms with Crippen LogP contribution in [0.15, 0.2) is 60.7 Å². The molecule has 0 saturated carbocycles. The van der Waals surface area contributed by atoms with Gasteiger partial charge in [0, 0.05) is 35.3 Å². The van der Waals surface area contributed by atoms with Gasteiger partial charge in [-0.05, 0) is 61.9 Å². The van der Waals surface area contributed by atoms with Gasteiger partial charge in [-0.15, -0.1) is 0 Å². The van der Waals surface area contributed by atoms with E-state index >= 15 is 0 Å². The molecule has 4 aromatic carbocycles. The molecule has 0 aromatic heterocycles. The van der Waals surface area contributed by atoms with Crippen molar-refractivity contribution in [1.82, 2.24) is 9.80 Å². The maximum Gasteiger partial charge on any atom is 0.128 e. The summed E-state index contributed by atoms with van der Waals surface area (Å²) in [6, 6.07) is 20.2. The number of hydrogen-bond donors (Lipinski definition) is 2. The van der Waals surface area contributed by atoms with Gasteiger partial charge >= 0.3 is 0 Å². The molecule has 154 valence electrons. The lowest BCUT2D eigenvalue weighted by Crippen LogP contribution is -2.11. The van der Waals surface area contributed by atoms with Crippen molar-refractivity contribution in [2.45, 2.75) is 13.1 Å². The number of nitrogens with zero attached hydrogens (tertiary/aromatic N) is 2. The monoisotopic (exact) mass is 400 g/mol. The van der Waals surface area contributed by atoms with Gasteiger partial charge in [-0.25, -0.2) is 0 Å². The summed E-state index contributed by atoms with van der Waals surface area (Å²) in [7, 11) is 7.94. The minimum Gasteiger partial charge on any atom is -0.507 e. The van der Waals surface area contributed by atoms with Gasteiger partial charge < -0.3 is 20.0 Å². The van der Waals surface area contributed by atoms with E-state index in [2.05, 4.69) is 12.1 Å². The average molecular weight is 401 g/mol. The molecule has 0 spiro atoms. The Morgan fingerprint density at radius 3 is 1.33 bits per heavy atom. The van der Waals surface area contributed by atoms with E-state index in [0.29, 0.717) is 24.2 Å². The summed E-state index contributed by atoms with van der Waals surface area (Å²) >= 11 is 0. The Kier molecular flexibility index (Phi) is 5.37. The third-order valence-electron chi connectivity index (χ3n) is 5.42. The largest absolute Gasteiger partial charge is 0.507 e. The zero-order chi connectivity index (χ0) is 21.4. The molecular weight excluding hydrogens is 372 g/mol. The van der Waals surface area contributed by atoms with Crippen LogP contribution in [-0.2, 0) is 13.1 Å². The van der Waals surface area contributed by atoms with E-state index in [-0.39, 0.29) is 11.5 Å². The highest BCUT2D eigenvalue weighted by atomic mass is 16.3. The van der Waals surface area contributed by atoms with Gasteiger partial charge in [0.15, 0.2) is 0 Å². The van der Waals surface area contributed by atoms with Crippen molar-refractivity contribution in [2.75, 3.05) is 28.2 Å². The van der Waals surface area contributed by atoms with Crippen LogP contribution in [0.25, 0.3) is 32.7 Å². The molecule has 0 radical (unpaired) electrons. The molecule has 0 aliphatic carbocycles. The van der Waals surface area contributed by atoms with Crippen LogP contribution >= 0.6 is 0 Å². The summed E-state index contributed by atoms with van der Waals surface area (Å²) < 4.78 is 0. The predicted molar refractivity (Wildman–Crippen MR) is 125 cm³/mol. The molecule has 4 heteroatoms. The molecule has 2 N–H and O–H groups in total. The highest BCUT2D eigenvalue weighted by molar-refractivity contribution is 6.10. The van der Waals surface area contributed by atoms with Crippen molar-refractivity contribution >= 4 is 21.5 Å². The summed E-state index contributed by atoms with van der Waals surface area (Å²) in [5, 5.41) is 26.7. The first-order valence-corrected chi connectivity index (χ1v) is 10.1. The van der Waals surface area contributed by atoms with Gasteiger partial charge in [0.25, 0.3) is 0 Å². The van der Waals surface area contributed by atoms with Crippen LogP contribution < -0.4 is 0 Å². The minimum atomic E-state index is 0.227. The third kappa shape index (κ3) is 3.60. The number of phenolic OH excluding ortho intramolecular Hbond substituents is 2. The standard InChI is InChI=1S/C26H28N2O2/c1-27(2)15-19-13-17-9-5-7-11-21(17)23(25(19)29)24-22-12-8-6-10-18(22)14-20(26(24)30)16-28(3)4/h5-14,29-30H,15-16H2,1-4H3. The Balaban J connectivity index is 2.14. The van der Waals surface area contributed by atoms with E-state index in [0.717, 1.165) is 32.7 Å². The maximum absolute atomic E-state index is 11.4. The highest BCUT2D eigenvalue weighted by Gasteiger charge is 2.22. The Hall–Kier alpha value is -3.08. The van der Waals surface area contributed by atoms with Crippen LogP contribution in [0.3, 0.4) is 0 Å². The fraction of sp³-hybridized carbons (Fsp3) is 0.231. The highest BCUT2D eigenvalue weighted by Crippen LogP contribution is 2.47. The van der Waals surface area contributed by atoms with Gasteiger partial charge in [0.2, 0.25) is 0 Å². The van der Waals surface area contributed by atoms with Gasteiger partial charge in [0.1, 0.15) is 11.5 Å². The number of aromatic hydroxyl groups is 2. The molecule has 0 aliphatic heterocycles. The van der Waals surface area contributed by atoms with Crippen molar-refractivity contribution in [3.05, 3.63) is 71.8 Å². The summed E-state index contributed by atoms with van der Waals surface area (Å²) in [4.78, 5) is 4.07. The van der Waals surface area contributed by atoms with Crippen molar-refractivity contribution in [2.24, 2.45) is 0 Å². The molecule has 0 amide bonds. The summed E-state index contributed by atoms with van der Waals surface area (Å²) in [6.07, 6.45) is 0. The van der Waals surface area contributed by atoms with Crippen LogP contribution in [-0.4, -0.2) is 48.2 Å². The predicted octanol–water partition coefficient (Wildman–Crippen LogP) is 5.19. The molecule has 4 nitrogen and oxygen atoms in total. The second-order valence-electron chi connectivity index (χ2n) is 8.44. The summed E-state index contributed by atoms with van der Waals surface area (Å²) in [5.41, 5.74) is 3.07. The minimum absolute atomic E-state index is 0.227. The molecular formula is C26H28N2O2. The molecule has 0 heterocycles. The number of phenols is 2. The molecule has 30 heavy (non-hydrogen) atoms. The fourth-order valence-corrected chi connectivity index (χ4v) is 4.22. The van der Waals surface area contributed by atoms with Crippen LogP contribution in [0.1, 0.15) is 11.1 Å². The quantitative estimate of drug-likeness (QED) is 0.484. The van der Waals surface area contributed by atoms with Gasteiger partial charge in [-0.2, -0.15) is 0 Å². The molecule has 0 saturated heterocycles. The van der Waals surface area contributed by atoms with E-state index in [1.807, 2.05) is 86.5 Å². The first-order chi connectivity index (χ1) is 14.4. The van der Waals surface area contributed by atoms with Crippen molar-refractivity contribution < 1.29 is 10.2 Å². The summed E-state index contributed by atoms with van der Waals surface area (Å²) in [6.45, 7) is 1.22. The summed E-state index contributed by atoms with van der Waals surface area (Å²) in [5.74, 6) is 0.453. The number of benzene rings is 4. The smallest absolute Gasteiger partial charge is 0.128 e. The van der Waals surface area contributed by atoms with Gasteiger partial charge in [-0.3, -0.25) is 0 Å². The molecule has 0 fully saturated rings. The van der Waals surface area contributed by atoms with Crippen LogP contribution in [0.2, 0.25) is 0 Å². The number of hydrogen-bond acceptors (Lipinski definition) is 4. The normalized spacial score (nSPS) is 11.8. The topological polar surface area (TPSA) is 46.9 Å². The lowest BCUT2D eigenvalue weighted by atomic mass is 9.88. The van der Waals surface area contributed by atoms with Gasteiger partial charge in [-0.1, -0.05) is 48.5 Å². The second kappa shape index (κ2) is 7.98. The van der Waals surface area contributed by atoms with Crippen molar-refractivity contribution in [3.8, 4) is 22.6 Å². The molecule has 0 unspecified atom stereocenters. The Morgan fingerprint density at radius 2 is 0.967 bits per heavy atom. The SMILES string of the molecule is CN(C)Cc1cc2ccccc2c(-c2c(O)c(CN(C)C)cc3ccccc23)c1O. The Morgan fingerprint density at radius 1 is 0.600 bits per heavy atom. The Labute approximate surface area is 177 Å². The van der Waals surface area contributed by atoms with Crippen LogP contribution in [0.5, 0.6) is 11.5 Å². The lowest BCUT2D eigenvalue weighted by Gasteiger charge is -2.21. The number of fused-ring (bicyclic) bond motifs is 2. The fourth-order valence-electron chi connectivity index (χ4n) is 4.22. The van der Waals surface area contributed by atoms with Crippen LogP contribution in [0, 0.1) is 0 Å². The van der Waals surface area contributed by atoms with E-state index in [4.69, 9.17) is 0 Å². The van der Waals surface area contributed by atoms with E-state index in [1.54, 1.807) is 0 Å². The maximum atomic E-state index is 11.4. The molecule has 4 aromatic rings. The van der Waals surface area contributed by atoms with E-state index in [9.17, 15) is 10.2 Å². The first-order valence-electron chi connectivity index (χ1n) is 10.1. The van der Waals surface area contributed by atoms with Crippen molar-refractivity contribution in [1.29, 1.82) is 0 Å². The lowest BCUT2D eigenvalue weighted by molar-refractivity contribution is 0.385. The zero-order valence-electron chi connectivity index (χ0n) is 18.0. The molecule has 0 atom stereocenters. The van der Waals surface area contributed by atoms with Crippen LogP contribution in [0.4, 0.5) is 0 Å².